The Bertz CT molecular complexity index is 333. The van der Waals surface area contributed by atoms with Gasteiger partial charge in [-0.3, -0.25) is 0 Å². The van der Waals surface area contributed by atoms with Gasteiger partial charge in [-0.2, -0.15) is 11.8 Å². The molecule has 17 heavy (non-hydrogen) atoms. The van der Waals surface area contributed by atoms with E-state index in [-0.39, 0.29) is 0 Å². The quantitative estimate of drug-likeness (QED) is 0.873. The molecule has 2 rings (SSSR count). The van der Waals surface area contributed by atoms with Crippen LogP contribution < -0.4 is 10.5 Å². The summed E-state index contributed by atoms with van der Waals surface area (Å²) in [5, 5.41) is 0. The van der Waals surface area contributed by atoms with E-state index < -0.39 is 0 Å². The summed E-state index contributed by atoms with van der Waals surface area (Å²) in [6.45, 7) is 2.97. The van der Waals surface area contributed by atoms with E-state index in [9.17, 15) is 0 Å². The summed E-state index contributed by atoms with van der Waals surface area (Å²) in [6.07, 6.45) is 2.63. The maximum atomic E-state index is 5.92. The third-order valence-electron chi connectivity index (χ3n) is 3.24. The maximum Gasteiger partial charge on any atom is 0.119 e. The van der Waals surface area contributed by atoms with Crippen molar-refractivity contribution in [1.82, 2.24) is 0 Å². The van der Waals surface area contributed by atoms with Gasteiger partial charge in [-0.05, 0) is 48.8 Å². The van der Waals surface area contributed by atoms with Gasteiger partial charge < -0.3 is 10.5 Å². The Balaban J connectivity index is 1.92. The lowest BCUT2D eigenvalue weighted by Gasteiger charge is -2.14. The molecule has 1 aromatic rings. The number of ether oxygens (including phenoxy) is 1. The highest BCUT2D eigenvalue weighted by atomic mass is 32.2. The molecular weight excluding hydrogens is 230 g/mol. The smallest absolute Gasteiger partial charge is 0.119 e. The number of thioether (sulfide) groups is 1. The van der Waals surface area contributed by atoms with Crippen molar-refractivity contribution < 1.29 is 4.74 Å². The first-order chi connectivity index (χ1) is 8.29. The summed E-state index contributed by atoms with van der Waals surface area (Å²) >= 11 is 1.98. The standard InChI is InChI=1S/C14H21NOS/c1-11(6-8-15)12-2-4-13(5-3-12)16-14-7-9-17-10-14/h2-5,11,14H,6-10,15H2,1H3. The minimum absolute atomic E-state index is 0.410. The Kier molecular flexibility index (Phi) is 4.75. The molecule has 0 radical (unpaired) electrons. The molecule has 1 aliphatic heterocycles. The van der Waals surface area contributed by atoms with Gasteiger partial charge in [-0.15, -0.1) is 0 Å². The van der Waals surface area contributed by atoms with Crippen molar-refractivity contribution in [3.05, 3.63) is 29.8 Å². The molecule has 1 fully saturated rings. The molecule has 1 aromatic carbocycles. The normalized spacial score (nSPS) is 21.4. The number of benzene rings is 1. The van der Waals surface area contributed by atoms with Gasteiger partial charge in [0.2, 0.25) is 0 Å². The van der Waals surface area contributed by atoms with Crippen LogP contribution in [0.5, 0.6) is 5.75 Å². The monoisotopic (exact) mass is 251 g/mol. The molecule has 0 amide bonds. The molecule has 2 unspecified atom stereocenters. The fourth-order valence-corrected chi connectivity index (χ4v) is 3.18. The topological polar surface area (TPSA) is 35.2 Å². The van der Waals surface area contributed by atoms with Crippen molar-refractivity contribution in [2.75, 3.05) is 18.1 Å². The average Bonchev–Trinajstić information content (AvgIpc) is 2.83. The lowest BCUT2D eigenvalue weighted by atomic mass is 9.98. The minimum Gasteiger partial charge on any atom is -0.490 e. The first-order valence-electron chi connectivity index (χ1n) is 6.34. The Labute approximate surface area is 108 Å². The van der Waals surface area contributed by atoms with Crippen LogP contribution in [-0.4, -0.2) is 24.2 Å². The van der Waals surface area contributed by atoms with Gasteiger partial charge in [-0.1, -0.05) is 19.1 Å². The molecule has 3 heteroatoms. The SMILES string of the molecule is CC(CCN)c1ccc(OC2CCSC2)cc1. The number of rotatable bonds is 5. The molecule has 0 saturated carbocycles. The molecule has 1 saturated heterocycles. The minimum atomic E-state index is 0.410. The van der Waals surface area contributed by atoms with Crippen LogP contribution in [0, 0.1) is 0 Å². The molecule has 2 nitrogen and oxygen atoms in total. The fraction of sp³-hybridized carbons (Fsp3) is 0.571. The Morgan fingerprint density at radius 1 is 1.41 bits per heavy atom. The summed E-state index contributed by atoms with van der Waals surface area (Å²) in [4.78, 5) is 0. The van der Waals surface area contributed by atoms with E-state index in [1.165, 1.54) is 17.7 Å². The van der Waals surface area contributed by atoms with Crippen molar-refractivity contribution in [2.24, 2.45) is 5.73 Å². The predicted octanol–water partition coefficient (Wildman–Crippen LogP) is 3.02. The van der Waals surface area contributed by atoms with Crippen LogP contribution in [0.3, 0.4) is 0 Å². The summed E-state index contributed by atoms with van der Waals surface area (Å²) in [7, 11) is 0. The molecule has 0 spiro atoms. The van der Waals surface area contributed by atoms with E-state index in [0.717, 1.165) is 24.5 Å². The molecule has 2 atom stereocenters. The maximum absolute atomic E-state index is 5.92. The third kappa shape index (κ3) is 3.65. The molecule has 2 N–H and O–H groups in total. The van der Waals surface area contributed by atoms with E-state index in [1.54, 1.807) is 0 Å². The highest BCUT2D eigenvalue weighted by molar-refractivity contribution is 7.99. The second-order valence-electron chi connectivity index (χ2n) is 4.65. The zero-order valence-corrected chi connectivity index (χ0v) is 11.2. The van der Waals surface area contributed by atoms with Gasteiger partial charge in [0, 0.05) is 5.75 Å². The Morgan fingerprint density at radius 3 is 2.76 bits per heavy atom. The van der Waals surface area contributed by atoms with Gasteiger partial charge in [-0.25, -0.2) is 0 Å². The lowest BCUT2D eigenvalue weighted by Crippen LogP contribution is -2.14. The molecule has 0 bridgehead atoms. The van der Waals surface area contributed by atoms with E-state index in [0.29, 0.717) is 12.0 Å². The van der Waals surface area contributed by atoms with Crippen LogP contribution in [0.4, 0.5) is 0 Å². The predicted molar refractivity (Wildman–Crippen MR) is 74.9 cm³/mol. The first-order valence-corrected chi connectivity index (χ1v) is 7.49. The summed E-state index contributed by atoms with van der Waals surface area (Å²) in [6, 6.07) is 8.51. The molecule has 0 aromatic heterocycles. The fourth-order valence-electron chi connectivity index (χ4n) is 2.09. The number of hydrogen-bond acceptors (Lipinski definition) is 3. The van der Waals surface area contributed by atoms with Crippen LogP contribution >= 0.6 is 11.8 Å². The van der Waals surface area contributed by atoms with Crippen molar-refractivity contribution in [2.45, 2.75) is 31.8 Å². The Hall–Kier alpha value is -0.670. The van der Waals surface area contributed by atoms with Crippen LogP contribution in [-0.2, 0) is 0 Å². The lowest BCUT2D eigenvalue weighted by molar-refractivity contribution is 0.229. The molecule has 94 valence electrons. The van der Waals surface area contributed by atoms with Gasteiger partial charge >= 0.3 is 0 Å². The van der Waals surface area contributed by atoms with Gasteiger partial charge in [0.25, 0.3) is 0 Å². The zero-order chi connectivity index (χ0) is 12.1. The van der Waals surface area contributed by atoms with E-state index in [2.05, 4.69) is 31.2 Å². The van der Waals surface area contributed by atoms with E-state index in [4.69, 9.17) is 10.5 Å². The summed E-state index contributed by atoms with van der Waals surface area (Å²) in [5.74, 6) is 3.90. The van der Waals surface area contributed by atoms with Crippen molar-refractivity contribution >= 4 is 11.8 Å². The van der Waals surface area contributed by atoms with E-state index in [1.807, 2.05) is 11.8 Å². The molecule has 0 aliphatic carbocycles. The second-order valence-corrected chi connectivity index (χ2v) is 5.80. The number of nitrogens with two attached hydrogens (primary N) is 1. The van der Waals surface area contributed by atoms with Crippen LogP contribution in [0.2, 0.25) is 0 Å². The van der Waals surface area contributed by atoms with E-state index >= 15 is 0 Å². The average molecular weight is 251 g/mol. The van der Waals surface area contributed by atoms with Crippen molar-refractivity contribution in [1.29, 1.82) is 0 Å². The van der Waals surface area contributed by atoms with Gasteiger partial charge in [0.15, 0.2) is 0 Å². The highest BCUT2D eigenvalue weighted by Gasteiger charge is 2.16. The molecular formula is C14H21NOS. The third-order valence-corrected chi connectivity index (χ3v) is 4.37. The van der Waals surface area contributed by atoms with Gasteiger partial charge in [0.05, 0.1) is 0 Å². The van der Waals surface area contributed by atoms with Gasteiger partial charge in [0.1, 0.15) is 11.9 Å². The molecule has 1 heterocycles. The summed E-state index contributed by atoms with van der Waals surface area (Å²) in [5.41, 5.74) is 6.93. The highest BCUT2D eigenvalue weighted by Crippen LogP contribution is 2.25. The largest absolute Gasteiger partial charge is 0.490 e. The van der Waals surface area contributed by atoms with Crippen LogP contribution in [0.15, 0.2) is 24.3 Å². The first kappa shape index (κ1) is 12.8. The molecule has 1 aliphatic rings. The zero-order valence-electron chi connectivity index (χ0n) is 10.4. The number of hydrogen-bond donors (Lipinski definition) is 1. The summed E-state index contributed by atoms with van der Waals surface area (Å²) < 4.78 is 5.92. The van der Waals surface area contributed by atoms with Crippen LogP contribution in [0.1, 0.15) is 31.2 Å². The Morgan fingerprint density at radius 2 is 2.18 bits per heavy atom. The second kappa shape index (κ2) is 6.31. The van der Waals surface area contributed by atoms with Crippen molar-refractivity contribution in [3.63, 3.8) is 0 Å². The van der Waals surface area contributed by atoms with Crippen molar-refractivity contribution in [3.8, 4) is 5.75 Å². The van der Waals surface area contributed by atoms with Crippen LogP contribution in [0.25, 0.3) is 0 Å².